The van der Waals surface area contributed by atoms with E-state index in [1.807, 2.05) is 0 Å². The lowest BCUT2D eigenvalue weighted by atomic mass is 10.1. The molecule has 0 bridgehead atoms. The second-order valence-corrected chi connectivity index (χ2v) is 24.4. The van der Waals surface area contributed by atoms with Crippen LogP contribution in [-0.2, 0) is 24.4 Å². The molecule has 5 heterocycles. The Balaban J connectivity index is 1.62. The van der Waals surface area contributed by atoms with E-state index in [9.17, 15) is 0 Å². The lowest BCUT2D eigenvalue weighted by Gasteiger charge is -2.54. The summed E-state index contributed by atoms with van der Waals surface area (Å²) in [7, 11) is -4.89. The molecule has 0 aliphatic carbocycles. The van der Waals surface area contributed by atoms with E-state index in [2.05, 4.69) is 96.5 Å². The molecule has 2 saturated heterocycles. The van der Waals surface area contributed by atoms with Gasteiger partial charge in [0.1, 0.15) is 36.1 Å². The predicted octanol–water partition coefficient (Wildman–Crippen LogP) is 6.54. The number of anilines is 1. The van der Waals surface area contributed by atoms with E-state index in [0.29, 0.717) is 6.61 Å². The van der Waals surface area contributed by atoms with Crippen LogP contribution in [0.2, 0.25) is 28.2 Å². The average molecular weight is 561 g/mol. The second kappa shape index (κ2) is 9.10. The summed E-state index contributed by atoms with van der Waals surface area (Å²) >= 11 is 0. The zero-order valence-electron chi connectivity index (χ0n) is 25.3. The number of nitrogens with zero attached hydrogens (tertiary/aromatic N) is 3. The summed E-state index contributed by atoms with van der Waals surface area (Å²) < 4.78 is 30.4. The Labute approximate surface area is 230 Å². The maximum absolute atomic E-state index is 7.28. The zero-order valence-corrected chi connectivity index (χ0v) is 27.3. The number of ether oxygens (including phenoxy) is 1. The molecule has 0 unspecified atom stereocenters. The molecule has 2 aromatic rings. The van der Waals surface area contributed by atoms with Gasteiger partial charge in [-0.15, -0.1) is 0 Å². The minimum absolute atomic E-state index is 0.0490. The molecule has 4 atom stereocenters. The normalized spacial score (nSPS) is 28.2. The van der Waals surface area contributed by atoms with Gasteiger partial charge in [-0.1, -0.05) is 62.3 Å². The van der Waals surface area contributed by atoms with Crippen LogP contribution in [-0.4, -0.2) is 62.9 Å². The van der Waals surface area contributed by atoms with Crippen LogP contribution in [0.4, 0.5) is 5.82 Å². The first-order chi connectivity index (χ1) is 17.5. The van der Waals surface area contributed by atoms with Crippen molar-refractivity contribution in [1.82, 2.24) is 14.5 Å². The molecule has 38 heavy (non-hydrogen) atoms. The van der Waals surface area contributed by atoms with Crippen LogP contribution in [0.15, 0.2) is 12.5 Å². The Bertz CT molecular complexity index is 1180. The fraction of sp³-hybridized carbons (Fsp3) is 0.786. The Morgan fingerprint density at radius 1 is 1.05 bits per heavy atom. The summed E-state index contributed by atoms with van der Waals surface area (Å²) in [5.74, 6) is 0.907. The van der Waals surface area contributed by atoms with Crippen molar-refractivity contribution in [2.75, 3.05) is 18.5 Å². The van der Waals surface area contributed by atoms with Gasteiger partial charge in [0, 0.05) is 22.8 Å². The van der Waals surface area contributed by atoms with Crippen molar-refractivity contribution < 1.29 is 18.0 Å². The Kier molecular flexibility index (Phi) is 6.76. The molecule has 3 aliphatic heterocycles. The fourth-order valence-electron chi connectivity index (χ4n) is 6.35. The van der Waals surface area contributed by atoms with Gasteiger partial charge in [-0.2, -0.15) is 0 Å². The first-order valence-corrected chi connectivity index (χ1v) is 18.9. The summed E-state index contributed by atoms with van der Waals surface area (Å²) in [5.41, 5.74) is 2.15. The lowest BCUT2D eigenvalue weighted by Crippen LogP contribution is -2.66. The molecular formula is C28H48N4O4Si2. The molecule has 0 radical (unpaired) electrons. The number of nitrogens with one attached hydrogen (secondary N) is 1. The number of hydrogen-bond acceptors (Lipinski definition) is 7. The fourth-order valence-corrected chi connectivity index (χ4v) is 12.6. The van der Waals surface area contributed by atoms with Gasteiger partial charge >= 0.3 is 8.56 Å². The molecule has 5 rings (SSSR count). The molecule has 1 N–H and O–H groups in total. The highest BCUT2D eigenvalue weighted by atomic mass is 28.4. The van der Waals surface area contributed by atoms with Crippen molar-refractivity contribution in [3.8, 4) is 0 Å². The van der Waals surface area contributed by atoms with E-state index >= 15 is 0 Å². The van der Waals surface area contributed by atoms with E-state index in [1.54, 1.807) is 6.33 Å². The standard InChI is InChI=1S/C28H48N4O4Si2/c1-26(2,3)37(10,11)35-22-21-19(16-33-38(36-21,27(4,5)6)28(7,8)9)34-25(22)32-15-18-13-12-14-29-23-20(18)24(32)31-17-30-23/h15,17,19,21-22,25H,12-14,16H2,1-11H3,(H,29,30,31)/t19-,21-,22-,25-/m1/s1. The quantitative estimate of drug-likeness (QED) is 0.427. The van der Waals surface area contributed by atoms with E-state index in [-0.39, 0.29) is 39.7 Å². The Hall–Kier alpha value is -1.31. The smallest absolute Gasteiger partial charge is 0.349 e. The predicted molar refractivity (Wildman–Crippen MR) is 156 cm³/mol. The van der Waals surface area contributed by atoms with Crippen molar-refractivity contribution >= 4 is 33.7 Å². The molecule has 0 aromatic carbocycles. The van der Waals surface area contributed by atoms with Crippen LogP contribution in [0, 0.1) is 0 Å². The first kappa shape index (κ1) is 28.2. The summed E-state index contributed by atoms with van der Waals surface area (Å²) in [6, 6.07) is 0. The molecule has 0 amide bonds. The SMILES string of the molecule is CC(C)(C)[Si](C)(C)O[C@@H]1[C@@H]2O[Si](C(C)(C)C)(C(C)(C)C)OC[C@H]2O[C@H]1n1cc2c3c(ncnc31)NCCC2. The van der Waals surface area contributed by atoms with Gasteiger partial charge in [0.05, 0.1) is 12.0 Å². The van der Waals surface area contributed by atoms with Crippen molar-refractivity contribution in [2.24, 2.45) is 0 Å². The van der Waals surface area contributed by atoms with Crippen LogP contribution >= 0.6 is 0 Å². The molecule has 2 fully saturated rings. The van der Waals surface area contributed by atoms with Crippen molar-refractivity contribution in [2.45, 2.75) is 128 Å². The highest BCUT2D eigenvalue weighted by molar-refractivity contribution is 6.74. The molecule has 0 spiro atoms. The van der Waals surface area contributed by atoms with Crippen LogP contribution in [0.3, 0.4) is 0 Å². The van der Waals surface area contributed by atoms with Gasteiger partial charge < -0.3 is 27.9 Å². The van der Waals surface area contributed by atoms with Crippen molar-refractivity contribution in [3.05, 3.63) is 18.1 Å². The van der Waals surface area contributed by atoms with Crippen molar-refractivity contribution in [1.29, 1.82) is 0 Å². The maximum atomic E-state index is 7.28. The Morgan fingerprint density at radius 3 is 2.37 bits per heavy atom. The minimum Gasteiger partial charge on any atom is -0.407 e. The summed E-state index contributed by atoms with van der Waals surface area (Å²) in [6.07, 6.45) is 4.88. The van der Waals surface area contributed by atoms with Gasteiger partial charge in [0.2, 0.25) is 0 Å². The molecule has 10 heteroatoms. The van der Waals surface area contributed by atoms with Crippen LogP contribution in [0.5, 0.6) is 0 Å². The van der Waals surface area contributed by atoms with E-state index < -0.39 is 16.9 Å². The summed E-state index contributed by atoms with van der Waals surface area (Å²) in [4.78, 5) is 9.31. The van der Waals surface area contributed by atoms with Crippen LogP contribution in [0.25, 0.3) is 11.0 Å². The number of fused-ring (bicyclic) bond motifs is 1. The number of aryl methyl sites for hydroxylation is 1. The third-order valence-electron chi connectivity index (χ3n) is 9.13. The number of aromatic nitrogens is 3. The second-order valence-electron chi connectivity index (χ2n) is 14.9. The third-order valence-corrected chi connectivity index (χ3v) is 18.7. The highest BCUT2D eigenvalue weighted by Gasteiger charge is 2.66. The van der Waals surface area contributed by atoms with Gasteiger partial charge in [-0.3, -0.25) is 0 Å². The first-order valence-electron chi connectivity index (χ1n) is 14.2. The highest BCUT2D eigenvalue weighted by Crippen LogP contribution is 2.57. The van der Waals surface area contributed by atoms with Gasteiger partial charge in [0.15, 0.2) is 14.5 Å². The van der Waals surface area contributed by atoms with Crippen LogP contribution in [0.1, 0.15) is 80.5 Å². The van der Waals surface area contributed by atoms with Crippen LogP contribution < -0.4 is 5.32 Å². The minimum atomic E-state index is -2.72. The lowest BCUT2D eigenvalue weighted by molar-refractivity contribution is -0.0794. The van der Waals surface area contributed by atoms with Crippen molar-refractivity contribution in [3.63, 3.8) is 0 Å². The largest absolute Gasteiger partial charge is 0.407 e. The van der Waals surface area contributed by atoms with Gasteiger partial charge in [-0.25, -0.2) is 9.97 Å². The molecule has 0 saturated carbocycles. The zero-order chi connectivity index (χ0) is 27.9. The molecule has 3 aliphatic rings. The third kappa shape index (κ3) is 4.39. The molecular weight excluding hydrogens is 513 g/mol. The monoisotopic (exact) mass is 560 g/mol. The topological polar surface area (TPSA) is 79.7 Å². The van der Waals surface area contributed by atoms with E-state index in [4.69, 9.17) is 23.0 Å². The molecule has 8 nitrogen and oxygen atoms in total. The molecule has 212 valence electrons. The van der Waals surface area contributed by atoms with E-state index in [0.717, 1.165) is 36.2 Å². The van der Waals surface area contributed by atoms with Gasteiger partial charge in [0.25, 0.3) is 0 Å². The number of rotatable bonds is 3. The van der Waals surface area contributed by atoms with Gasteiger partial charge in [-0.05, 0) is 36.5 Å². The summed E-state index contributed by atoms with van der Waals surface area (Å²) in [6.45, 7) is 26.5. The number of hydrogen-bond donors (Lipinski definition) is 1. The molecule has 2 aromatic heterocycles. The summed E-state index contributed by atoms with van der Waals surface area (Å²) in [5, 5.41) is 4.40. The Morgan fingerprint density at radius 2 is 1.74 bits per heavy atom. The van der Waals surface area contributed by atoms with E-state index in [1.165, 1.54) is 5.56 Å². The average Bonchev–Trinajstić information content (AvgIpc) is 3.24. The maximum Gasteiger partial charge on any atom is 0.349 e.